The predicted octanol–water partition coefficient (Wildman–Crippen LogP) is 1.96. The number of aromatic nitrogens is 3. The van der Waals surface area contributed by atoms with Gasteiger partial charge in [-0.15, -0.1) is 0 Å². The van der Waals surface area contributed by atoms with Gasteiger partial charge in [-0.3, -0.25) is 4.98 Å². The monoisotopic (exact) mass is 277 g/mol. The molecular formula is C12H9F2N5O. The molecule has 0 aliphatic heterocycles. The number of nitriles is 1. The van der Waals surface area contributed by atoms with E-state index in [1.807, 2.05) is 6.07 Å². The fraction of sp³-hybridized carbons (Fsp3) is 0.167. The van der Waals surface area contributed by atoms with Crippen molar-refractivity contribution in [1.82, 2.24) is 15.0 Å². The Labute approximate surface area is 113 Å². The third-order valence-corrected chi connectivity index (χ3v) is 2.24. The summed E-state index contributed by atoms with van der Waals surface area (Å²) in [4.78, 5) is 11.8. The van der Waals surface area contributed by atoms with Gasteiger partial charge in [0.1, 0.15) is 17.6 Å². The van der Waals surface area contributed by atoms with Crippen LogP contribution in [0.5, 0.6) is 5.75 Å². The zero-order valence-corrected chi connectivity index (χ0v) is 10.1. The average molecular weight is 277 g/mol. The maximum absolute atomic E-state index is 12.0. The molecule has 0 amide bonds. The number of rotatable bonds is 5. The molecule has 0 saturated carbocycles. The van der Waals surface area contributed by atoms with Crippen LogP contribution >= 0.6 is 0 Å². The molecule has 20 heavy (non-hydrogen) atoms. The quantitative estimate of drug-likeness (QED) is 0.899. The fourth-order valence-corrected chi connectivity index (χ4v) is 1.35. The normalized spacial score (nSPS) is 10.1. The molecule has 0 radical (unpaired) electrons. The Balaban J connectivity index is 1.91. The second kappa shape index (κ2) is 6.38. The van der Waals surface area contributed by atoms with Crippen LogP contribution in [0.15, 0.2) is 30.7 Å². The maximum atomic E-state index is 12.0. The summed E-state index contributed by atoms with van der Waals surface area (Å²) in [5.74, 6) is 0.487. The SMILES string of the molecule is N#Cc1cnc(NCc2ccc(OC(F)F)cn2)cn1. The molecule has 2 rings (SSSR count). The van der Waals surface area contributed by atoms with Crippen molar-refractivity contribution in [1.29, 1.82) is 5.26 Å². The first-order valence-corrected chi connectivity index (χ1v) is 5.53. The second-order valence-electron chi connectivity index (χ2n) is 3.62. The fourth-order valence-electron chi connectivity index (χ4n) is 1.35. The number of alkyl halides is 2. The number of anilines is 1. The number of nitrogens with one attached hydrogen (secondary N) is 1. The molecule has 0 bridgehead atoms. The van der Waals surface area contributed by atoms with Crippen LogP contribution in [0.25, 0.3) is 0 Å². The van der Waals surface area contributed by atoms with Gasteiger partial charge in [-0.1, -0.05) is 0 Å². The molecule has 0 fully saturated rings. The highest BCUT2D eigenvalue weighted by Crippen LogP contribution is 2.13. The van der Waals surface area contributed by atoms with Crippen LogP contribution in [0.1, 0.15) is 11.4 Å². The Kier molecular flexibility index (Phi) is 4.34. The highest BCUT2D eigenvalue weighted by molar-refractivity contribution is 5.34. The van der Waals surface area contributed by atoms with E-state index in [1.54, 1.807) is 6.07 Å². The lowest BCUT2D eigenvalue weighted by Gasteiger charge is -2.06. The van der Waals surface area contributed by atoms with Gasteiger partial charge < -0.3 is 10.1 Å². The summed E-state index contributed by atoms with van der Waals surface area (Å²) in [7, 11) is 0. The number of halogens is 2. The van der Waals surface area contributed by atoms with Crippen molar-refractivity contribution in [2.45, 2.75) is 13.2 Å². The van der Waals surface area contributed by atoms with Crippen LogP contribution in [0, 0.1) is 11.3 Å². The Morgan fingerprint density at radius 3 is 2.60 bits per heavy atom. The van der Waals surface area contributed by atoms with Gasteiger partial charge in [-0.25, -0.2) is 9.97 Å². The lowest BCUT2D eigenvalue weighted by Crippen LogP contribution is -2.05. The first kappa shape index (κ1) is 13.6. The molecule has 102 valence electrons. The summed E-state index contributed by atoms with van der Waals surface area (Å²) in [5.41, 5.74) is 0.847. The van der Waals surface area contributed by atoms with Crippen molar-refractivity contribution in [3.63, 3.8) is 0 Å². The Morgan fingerprint density at radius 1 is 1.20 bits per heavy atom. The highest BCUT2D eigenvalue weighted by Gasteiger charge is 2.04. The van der Waals surface area contributed by atoms with E-state index in [9.17, 15) is 8.78 Å². The molecule has 1 N–H and O–H groups in total. The molecule has 2 heterocycles. The lowest BCUT2D eigenvalue weighted by atomic mass is 10.3. The summed E-state index contributed by atoms with van der Waals surface area (Å²) in [5, 5.41) is 11.5. The summed E-state index contributed by atoms with van der Waals surface area (Å²) in [6.45, 7) is -2.52. The molecule has 0 unspecified atom stereocenters. The van der Waals surface area contributed by atoms with Crippen molar-refractivity contribution in [3.05, 3.63) is 42.1 Å². The smallest absolute Gasteiger partial charge is 0.387 e. The van der Waals surface area contributed by atoms with Crippen molar-refractivity contribution in [3.8, 4) is 11.8 Å². The van der Waals surface area contributed by atoms with Crippen molar-refractivity contribution >= 4 is 5.82 Å². The zero-order chi connectivity index (χ0) is 14.4. The molecule has 2 aromatic rings. The van der Waals surface area contributed by atoms with Crippen LogP contribution in [0.3, 0.4) is 0 Å². The van der Waals surface area contributed by atoms with Gasteiger partial charge in [0, 0.05) is 0 Å². The molecule has 0 atom stereocenters. The standard InChI is InChI=1S/C12H9F2N5O/c13-12(14)20-10-2-1-8(16-6-10)4-18-11-7-17-9(3-15)5-19-11/h1-2,5-7,12H,4H2,(H,18,19). The second-order valence-corrected chi connectivity index (χ2v) is 3.62. The third-order valence-electron chi connectivity index (χ3n) is 2.24. The number of ether oxygens (including phenoxy) is 1. The number of pyridine rings is 1. The van der Waals surface area contributed by atoms with E-state index in [4.69, 9.17) is 5.26 Å². The minimum Gasteiger partial charge on any atom is -0.433 e. The first-order chi connectivity index (χ1) is 9.67. The average Bonchev–Trinajstić information content (AvgIpc) is 2.46. The van der Waals surface area contributed by atoms with Gasteiger partial charge >= 0.3 is 6.61 Å². The topological polar surface area (TPSA) is 83.7 Å². The van der Waals surface area contributed by atoms with Crippen molar-refractivity contribution in [2.24, 2.45) is 0 Å². The zero-order valence-electron chi connectivity index (χ0n) is 10.1. The summed E-state index contributed by atoms with van der Waals surface area (Å²) >= 11 is 0. The molecule has 0 aliphatic carbocycles. The van der Waals surface area contributed by atoms with Gasteiger partial charge in [0.25, 0.3) is 0 Å². The number of hydrogen-bond donors (Lipinski definition) is 1. The summed E-state index contributed by atoms with van der Waals surface area (Å²) < 4.78 is 28.1. The molecular weight excluding hydrogens is 268 g/mol. The van der Waals surface area contributed by atoms with Gasteiger partial charge in [-0.05, 0) is 12.1 Å². The van der Waals surface area contributed by atoms with Crippen LogP contribution in [0.4, 0.5) is 14.6 Å². The van der Waals surface area contributed by atoms with Gasteiger partial charge in [0.2, 0.25) is 0 Å². The summed E-state index contributed by atoms with van der Waals surface area (Å²) in [6.07, 6.45) is 3.98. The van der Waals surface area contributed by atoms with Gasteiger partial charge in [0.15, 0.2) is 5.69 Å². The van der Waals surface area contributed by atoms with Crippen molar-refractivity contribution in [2.75, 3.05) is 5.32 Å². The minimum atomic E-state index is -2.87. The molecule has 6 nitrogen and oxygen atoms in total. The van der Waals surface area contributed by atoms with E-state index in [0.29, 0.717) is 18.1 Å². The van der Waals surface area contributed by atoms with E-state index >= 15 is 0 Å². The molecule has 0 aliphatic rings. The predicted molar refractivity (Wildman–Crippen MR) is 64.9 cm³/mol. The lowest BCUT2D eigenvalue weighted by molar-refractivity contribution is -0.0500. The minimum absolute atomic E-state index is 0.00177. The van der Waals surface area contributed by atoms with Gasteiger partial charge in [-0.2, -0.15) is 14.0 Å². The molecule has 0 spiro atoms. The largest absolute Gasteiger partial charge is 0.433 e. The molecule has 8 heteroatoms. The van der Waals surface area contributed by atoms with E-state index < -0.39 is 6.61 Å². The molecule has 0 saturated heterocycles. The van der Waals surface area contributed by atoms with Gasteiger partial charge in [0.05, 0.1) is 30.8 Å². The van der Waals surface area contributed by atoms with E-state index in [0.717, 1.165) is 0 Å². The Morgan fingerprint density at radius 2 is 2.05 bits per heavy atom. The van der Waals surface area contributed by atoms with E-state index in [2.05, 4.69) is 25.0 Å². The highest BCUT2D eigenvalue weighted by atomic mass is 19.3. The Bertz CT molecular complexity index is 595. The maximum Gasteiger partial charge on any atom is 0.387 e. The van der Waals surface area contributed by atoms with Crippen molar-refractivity contribution < 1.29 is 13.5 Å². The van der Waals surface area contributed by atoms with Crippen LogP contribution in [-0.2, 0) is 6.54 Å². The van der Waals surface area contributed by atoms with Crippen LogP contribution < -0.4 is 10.1 Å². The van der Waals surface area contributed by atoms with E-state index in [1.165, 1.54) is 24.7 Å². The van der Waals surface area contributed by atoms with Crippen LogP contribution in [0.2, 0.25) is 0 Å². The number of hydrogen-bond acceptors (Lipinski definition) is 6. The number of nitrogens with zero attached hydrogens (tertiary/aromatic N) is 4. The molecule has 0 aromatic carbocycles. The van der Waals surface area contributed by atoms with E-state index in [-0.39, 0.29) is 11.4 Å². The first-order valence-electron chi connectivity index (χ1n) is 5.53. The summed E-state index contributed by atoms with van der Waals surface area (Å²) in [6, 6.07) is 4.82. The van der Waals surface area contributed by atoms with Crippen LogP contribution in [-0.4, -0.2) is 21.6 Å². The third kappa shape index (κ3) is 3.84. The Hall–Kier alpha value is -2.82. The molecule has 2 aromatic heterocycles.